The third-order valence-electron chi connectivity index (χ3n) is 3.19. The predicted molar refractivity (Wildman–Crippen MR) is 60.8 cm³/mol. The molecule has 1 heterocycles. The summed E-state index contributed by atoms with van der Waals surface area (Å²) in [4.78, 5) is 13.2. The van der Waals surface area contributed by atoms with E-state index >= 15 is 0 Å². The van der Waals surface area contributed by atoms with Crippen LogP contribution >= 0.6 is 0 Å². The van der Waals surface area contributed by atoms with E-state index < -0.39 is 5.97 Å². The van der Waals surface area contributed by atoms with Gasteiger partial charge in [0.05, 0.1) is 5.92 Å². The van der Waals surface area contributed by atoms with Crippen molar-refractivity contribution in [3.8, 4) is 0 Å². The number of carbonyl (C=O) groups is 1. The highest BCUT2D eigenvalue weighted by molar-refractivity contribution is 5.70. The maximum atomic E-state index is 10.8. The van der Waals surface area contributed by atoms with Crippen molar-refractivity contribution in [3.05, 3.63) is 12.2 Å². The van der Waals surface area contributed by atoms with Gasteiger partial charge in [0.2, 0.25) is 0 Å². The molecule has 86 valence electrons. The minimum absolute atomic E-state index is 0.138. The molecule has 0 spiro atoms. The van der Waals surface area contributed by atoms with Crippen molar-refractivity contribution >= 4 is 5.97 Å². The second-order valence-corrected chi connectivity index (χ2v) is 4.65. The van der Waals surface area contributed by atoms with Crippen molar-refractivity contribution in [1.29, 1.82) is 0 Å². The number of hydrogen-bond donors (Lipinski definition) is 1. The van der Waals surface area contributed by atoms with E-state index in [2.05, 4.69) is 18.4 Å². The molecule has 1 fully saturated rings. The Hall–Kier alpha value is -0.830. The number of carboxylic acids is 1. The van der Waals surface area contributed by atoms with Crippen molar-refractivity contribution in [2.24, 2.45) is 5.92 Å². The molecule has 15 heavy (non-hydrogen) atoms. The van der Waals surface area contributed by atoms with E-state index in [9.17, 15) is 4.79 Å². The monoisotopic (exact) mass is 211 g/mol. The molecule has 1 saturated heterocycles. The van der Waals surface area contributed by atoms with Crippen LogP contribution < -0.4 is 0 Å². The second-order valence-electron chi connectivity index (χ2n) is 4.65. The van der Waals surface area contributed by atoms with Gasteiger partial charge in [-0.2, -0.15) is 0 Å². The summed E-state index contributed by atoms with van der Waals surface area (Å²) in [5, 5.41) is 8.93. The van der Waals surface area contributed by atoms with Crippen molar-refractivity contribution in [1.82, 2.24) is 4.90 Å². The van der Waals surface area contributed by atoms with Gasteiger partial charge >= 0.3 is 5.97 Å². The van der Waals surface area contributed by atoms with Crippen molar-refractivity contribution in [3.63, 3.8) is 0 Å². The lowest BCUT2D eigenvalue weighted by Gasteiger charge is -2.36. The summed E-state index contributed by atoms with van der Waals surface area (Å²) in [5.41, 5.74) is 1.20. The lowest BCUT2D eigenvalue weighted by Crippen LogP contribution is -2.43. The van der Waals surface area contributed by atoms with Gasteiger partial charge in [0.25, 0.3) is 0 Å². The van der Waals surface area contributed by atoms with Gasteiger partial charge in [0.1, 0.15) is 0 Å². The zero-order valence-corrected chi connectivity index (χ0v) is 9.70. The minimum atomic E-state index is -0.638. The van der Waals surface area contributed by atoms with Crippen LogP contribution in [0.25, 0.3) is 0 Å². The van der Waals surface area contributed by atoms with Gasteiger partial charge in [0.15, 0.2) is 0 Å². The predicted octanol–water partition coefficient (Wildman–Crippen LogP) is 2.14. The van der Waals surface area contributed by atoms with Gasteiger partial charge in [0, 0.05) is 12.6 Å². The number of carboxylic acid groups (broad SMARTS) is 1. The Morgan fingerprint density at radius 2 is 2.27 bits per heavy atom. The summed E-state index contributed by atoms with van der Waals surface area (Å²) in [5.74, 6) is -0.775. The van der Waals surface area contributed by atoms with Crippen LogP contribution in [0.15, 0.2) is 12.2 Å². The van der Waals surface area contributed by atoms with Crippen LogP contribution in [0.2, 0.25) is 0 Å². The van der Waals surface area contributed by atoms with E-state index in [1.54, 1.807) is 0 Å². The van der Waals surface area contributed by atoms with Crippen LogP contribution in [0.1, 0.15) is 33.1 Å². The molecule has 1 N–H and O–H groups in total. The van der Waals surface area contributed by atoms with Crippen molar-refractivity contribution in [2.45, 2.75) is 39.2 Å². The smallest absolute Gasteiger partial charge is 0.306 e. The van der Waals surface area contributed by atoms with E-state index in [0.29, 0.717) is 6.04 Å². The number of nitrogens with zero attached hydrogens (tertiary/aromatic N) is 1. The number of likely N-dealkylation sites (tertiary alicyclic amines) is 1. The summed E-state index contributed by atoms with van der Waals surface area (Å²) in [6.45, 7) is 9.97. The first-order valence-corrected chi connectivity index (χ1v) is 5.62. The topological polar surface area (TPSA) is 40.5 Å². The lowest BCUT2D eigenvalue weighted by molar-refractivity contribution is -0.144. The fourth-order valence-electron chi connectivity index (χ4n) is 2.11. The maximum Gasteiger partial charge on any atom is 0.306 e. The Labute approximate surface area is 91.8 Å². The quantitative estimate of drug-likeness (QED) is 0.724. The zero-order valence-electron chi connectivity index (χ0n) is 9.70. The molecule has 2 unspecified atom stereocenters. The van der Waals surface area contributed by atoms with Crippen LogP contribution in [0.3, 0.4) is 0 Å². The number of piperidine rings is 1. The van der Waals surface area contributed by atoms with E-state index in [4.69, 9.17) is 5.11 Å². The highest BCUT2D eigenvalue weighted by Crippen LogP contribution is 2.23. The molecule has 0 aromatic rings. The summed E-state index contributed by atoms with van der Waals surface area (Å²) < 4.78 is 0. The third-order valence-corrected chi connectivity index (χ3v) is 3.19. The molecule has 2 atom stereocenters. The van der Waals surface area contributed by atoms with Crippen LogP contribution in [-0.2, 0) is 4.79 Å². The third kappa shape index (κ3) is 3.67. The zero-order chi connectivity index (χ0) is 11.4. The molecule has 3 nitrogen and oxygen atoms in total. The van der Waals surface area contributed by atoms with Gasteiger partial charge in [-0.15, -0.1) is 6.58 Å². The Morgan fingerprint density at radius 1 is 1.60 bits per heavy atom. The Morgan fingerprint density at radius 3 is 2.73 bits per heavy atom. The molecule has 0 saturated carbocycles. The molecule has 0 aliphatic carbocycles. The Balaban J connectivity index is 2.38. The van der Waals surface area contributed by atoms with Crippen LogP contribution in [0.4, 0.5) is 0 Å². The first-order chi connectivity index (χ1) is 7.00. The van der Waals surface area contributed by atoms with Crippen LogP contribution in [-0.4, -0.2) is 35.1 Å². The molecule has 0 bridgehead atoms. The number of aliphatic carboxylic acids is 1. The van der Waals surface area contributed by atoms with E-state index in [1.165, 1.54) is 5.57 Å². The average Bonchev–Trinajstić information content (AvgIpc) is 2.15. The fraction of sp³-hybridized carbons (Fsp3) is 0.750. The fourth-order valence-corrected chi connectivity index (χ4v) is 2.11. The summed E-state index contributed by atoms with van der Waals surface area (Å²) in [6, 6.07) is 0.388. The minimum Gasteiger partial charge on any atom is -0.481 e. The lowest BCUT2D eigenvalue weighted by atomic mass is 9.91. The van der Waals surface area contributed by atoms with Crippen LogP contribution in [0, 0.1) is 5.92 Å². The Kier molecular flexibility index (Phi) is 4.33. The van der Waals surface area contributed by atoms with E-state index in [1.807, 2.05) is 6.92 Å². The summed E-state index contributed by atoms with van der Waals surface area (Å²) >= 11 is 0. The molecule has 0 amide bonds. The molecular formula is C12H21NO2. The van der Waals surface area contributed by atoms with E-state index in [-0.39, 0.29) is 5.92 Å². The van der Waals surface area contributed by atoms with E-state index in [0.717, 1.165) is 32.4 Å². The molecule has 1 rings (SSSR count). The van der Waals surface area contributed by atoms with Crippen molar-refractivity contribution < 1.29 is 9.90 Å². The number of hydrogen-bond acceptors (Lipinski definition) is 2. The van der Waals surface area contributed by atoms with Gasteiger partial charge in [-0.25, -0.2) is 0 Å². The standard InChI is InChI=1S/C12H21NO2/c1-9(2)4-6-13-7-5-11(12(14)15)8-10(13)3/h10-11H,1,4-8H2,2-3H3,(H,14,15). The highest BCUT2D eigenvalue weighted by atomic mass is 16.4. The molecular weight excluding hydrogens is 190 g/mol. The molecule has 0 aromatic carbocycles. The first kappa shape index (κ1) is 12.2. The van der Waals surface area contributed by atoms with Gasteiger partial charge < -0.3 is 10.0 Å². The summed E-state index contributed by atoms with van der Waals surface area (Å²) in [7, 11) is 0. The number of rotatable bonds is 4. The highest BCUT2D eigenvalue weighted by Gasteiger charge is 2.28. The van der Waals surface area contributed by atoms with Gasteiger partial charge in [-0.3, -0.25) is 4.79 Å². The molecule has 1 aliphatic rings. The Bertz CT molecular complexity index is 250. The normalized spacial score (nSPS) is 27.6. The largest absolute Gasteiger partial charge is 0.481 e. The molecule has 1 aliphatic heterocycles. The maximum absolute atomic E-state index is 10.8. The van der Waals surface area contributed by atoms with Crippen LogP contribution in [0.5, 0.6) is 0 Å². The first-order valence-electron chi connectivity index (χ1n) is 5.62. The molecule has 0 aromatic heterocycles. The summed E-state index contributed by atoms with van der Waals surface area (Å²) in [6.07, 6.45) is 2.59. The average molecular weight is 211 g/mol. The van der Waals surface area contributed by atoms with Crippen molar-refractivity contribution in [2.75, 3.05) is 13.1 Å². The molecule has 0 radical (unpaired) electrons. The second kappa shape index (κ2) is 5.31. The van der Waals surface area contributed by atoms with Gasteiger partial charge in [-0.1, -0.05) is 5.57 Å². The van der Waals surface area contributed by atoms with Gasteiger partial charge in [-0.05, 0) is 39.7 Å². The molecule has 3 heteroatoms. The SMILES string of the molecule is C=C(C)CCN1CCC(C(=O)O)CC1C.